The Bertz CT molecular complexity index is 583. The van der Waals surface area contributed by atoms with Gasteiger partial charge in [0.15, 0.2) is 0 Å². The van der Waals surface area contributed by atoms with Crippen LogP contribution in [-0.2, 0) is 4.74 Å². The van der Waals surface area contributed by atoms with Crippen LogP contribution < -0.4 is 0 Å². The maximum atomic E-state index is 10.1. The topological polar surface area (TPSA) is 49.7 Å². The third-order valence-corrected chi connectivity index (χ3v) is 10.3. The van der Waals surface area contributed by atoms with Crippen molar-refractivity contribution in [3.8, 4) is 0 Å². The van der Waals surface area contributed by atoms with Gasteiger partial charge in [-0.25, -0.2) is 0 Å². The second-order valence-corrected chi connectivity index (χ2v) is 13.0. The molecule has 30 heavy (non-hydrogen) atoms. The lowest BCUT2D eigenvalue weighted by molar-refractivity contribution is -0.225. The molecular weight excluding hydrogens is 372 g/mol. The Morgan fingerprint density at radius 3 is 1.87 bits per heavy atom. The predicted octanol–water partition coefficient (Wildman–Crippen LogP) is 6.10. The molecule has 3 heteroatoms. The van der Waals surface area contributed by atoms with Crippen LogP contribution >= 0.6 is 0 Å². The van der Waals surface area contributed by atoms with Crippen molar-refractivity contribution in [1.29, 1.82) is 0 Å². The van der Waals surface area contributed by atoms with Crippen LogP contribution in [0.15, 0.2) is 0 Å². The van der Waals surface area contributed by atoms with E-state index in [1.54, 1.807) is 0 Å². The summed E-state index contributed by atoms with van der Waals surface area (Å²) in [4.78, 5) is 0. The van der Waals surface area contributed by atoms with E-state index in [0.717, 1.165) is 49.9 Å². The van der Waals surface area contributed by atoms with Crippen LogP contribution in [0.3, 0.4) is 0 Å². The molecule has 3 nitrogen and oxygen atoms in total. The molecule has 4 rings (SSSR count). The highest BCUT2D eigenvalue weighted by atomic mass is 16.5. The maximum absolute atomic E-state index is 10.1. The highest BCUT2D eigenvalue weighted by molar-refractivity contribution is 5.05. The standard InChI is InChI=1S/C27H48O3/c1-25(2)17-27(5,19-8-13-22(29)14-9-19)23-16-20(10-15-24(23)30-25)26(3,4)18-6-11-21(28)12-7-18/h18-24,28-29H,6-17H2,1-5H3. The van der Waals surface area contributed by atoms with Crippen molar-refractivity contribution < 1.29 is 14.9 Å². The van der Waals surface area contributed by atoms with Gasteiger partial charge in [-0.05, 0) is 125 Å². The van der Waals surface area contributed by atoms with Gasteiger partial charge in [-0.2, -0.15) is 0 Å². The van der Waals surface area contributed by atoms with E-state index in [2.05, 4.69) is 34.6 Å². The fourth-order valence-corrected chi connectivity index (χ4v) is 8.49. The van der Waals surface area contributed by atoms with Crippen LogP contribution in [0.25, 0.3) is 0 Å². The van der Waals surface area contributed by atoms with Gasteiger partial charge in [-0.15, -0.1) is 0 Å². The van der Waals surface area contributed by atoms with E-state index in [0.29, 0.717) is 22.9 Å². The minimum Gasteiger partial charge on any atom is -0.393 e. The number of ether oxygens (including phenoxy) is 1. The lowest BCUT2D eigenvalue weighted by Crippen LogP contribution is -2.57. The molecule has 4 atom stereocenters. The summed E-state index contributed by atoms with van der Waals surface area (Å²) in [6.45, 7) is 12.3. The first kappa shape index (κ1) is 23.1. The zero-order valence-corrected chi connectivity index (χ0v) is 20.3. The van der Waals surface area contributed by atoms with Gasteiger partial charge in [0.25, 0.3) is 0 Å². The Hall–Kier alpha value is -0.120. The molecular formula is C27H48O3. The zero-order valence-electron chi connectivity index (χ0n) is 20.3. The molecule has 4 fully saturated rings. The summed E-state index contributed by atoms with van der Waals surface area (Å²) in [7, 11) is 0. The summed E-state index contributed by atoms with van der Waals surface area (Å²) < 4.78 is 6.72. The fourth-order valence-electron chi connectivity index (χ4n) is 8.49. The minimum absolute atomic E-state index is 0.0339. The van der Waals surface area contributed by atoms with Crippen molar-refractivity contribution in [1.82, 2.24) is 0 Å². The van der Waals surface area contributed by atoms with Crippen molar-refractivity contribution in [2.45, 2.75) is 136 Å². The molecule has 4 aliphatic rings. The summed E-state index contributed by atoms with van der Waals surface area (Å²) in [5.41, 5.74) is 0.639. The molecule has 0 aromatic carbocycles. The summed E-state index contributed by atoms with van der Waals surface area (Å²) in [6, 6.07) is 0. The van der Waals surface area contributed by atoms with Crippen LogP contribution in [0.5, 0.6) is 0 Å². The number of aliphatic hydroxyl groups is 2. The first-order chi connectivity index (χ1) is 14.0. The third kappa shape index (κ3) is 4.37. The Morgan fingerprint density at radius 1 is 0.733 bits per heavy atom. The number of hydrogen-bond donors (Lipinski definition) is 2. The maximum Gasteiger partial charge on any atom is 0.0635 e. The van der Waals surface area contributed by atoms with Crippen molar-refractivity contribution in [3.63, 3.8) is 0 Å². The Balaban J connectivity index is 1.54. The first-order valence-corrected chi connectivity index (χ1v) is 13.1. The molecule has 0 radical (unpaired) electrons. The van der Waals surface area contributed by atoms with Gasteiger partial charge in [-0.3, -0.25) is 0 Å². The second kappa shape index (κ2) is 8.34. The monoisotopic (exact) mass is 420 g/mol. The van der Waals surface area contributed by atoms with Crippen LogP contribution in [0.2, 0.25) is 0 Å². The van der Waals surface area contributed by atoms with Crippen molar-refractivity contribution in [2.75, 3.05) is 0 Å². The average Bonchev–Trinajstić information content (AvgIpc) is 2.67. The molecule has 1 aliphatic heterocycles. The van der Waals surface area contributed by atoms with E-state index >= 15 is 0 Å². The molecule has 3 aliphatic carbocycles. The molecule has 174 valence electrons. The Labute approximate surface area is 185 Å². The van der Waals surface area contributed by atoms with Crippen LogP contribution in [-0.4, -0.2) is 34.1 Å². The number of aliphatic hydroxyl groups excluding tert-OH is 2. The fraction of sp³-hybridized carbons (Fsp3) is 1.00. The van der Waals surface area contributed by atoms with Crippen molar-refractivity contribution in [2.24, 2.45) is 34.5 Å². The van der Waals surface area contributed by atoms with Gasteiger partial charge in [0.2, 0.25) is 0 Å². The SMILES string of the molecule is CC1(C)CC(C)(C2CCC(O)CC2)C2CC(C(C)(C)C3CCC(O)CC3)CCC2O1. The van der Waals surface area contributed by atoms with Gasteiger partial charge in [0, 0.05) is 0 Å². The number of rotatable bonds is 3. The summed E-state index contributed by atoms with van der Waals surface area (Å²) in [6.07, 6.45) is 14.0. The molecule has 4 unspecified atom stereocenters. The van der Waals surface area contributed by atoms with Gasteiger partial charge in [0.1, 0.15) is 0 Å². The van der Waals surface area contributed by atoms with Crippen LogP contribution in [0.1, 0.15) is 112 Å². The Kier molecular flexibility index (Phi) is 6.41. The van der Waals surface area contributed by atoms with E-state index in [1.807, 2.05) is 0 Å². The van der Waals surface area contributed by atoms with Gasteiger partial charge in [-0.1, -0.05) is 20.8 Å². The highest BCUT2D eigenvalue weighted by Gasteiger charge is 2.56. The number of hydrogen-bond acceptors (Lipinski definition) is 3. The summed E-state index contributed by atoms with van der Waals surface area (Å²) in [5, 5.41) is 20.1. The van der Waals surface area contributed by atoms with Gasteiger partial charge in [0.05, 0.1) is 23.9 Å². The van der Waals surface area contributed by atoms with Gasteiger partial charge >= 0.3 is 0 Å². The summed E-state index contributed by atoms with van der Waals surface area (Å²) in [5.74, 6) is 2.89. The molecule has 2 N–H and O–H groups in total. The molecule has 0 aromatic heterocycles. The summed E-state index contributed by atoms with van der Waals surface area (Å²) >= 11 is 0. The molecule has 1 heterocycles. The number of fused-ring (bicyclic) bond motifs is 1. The minimum atomic E-state index is -0.0758. The smallest absolute Gasteiger partial charge is 0.0635 e. The molecule has 0 spiro atoms. The van der Waals surface area contributed by atoms with E-state index < -0.39 is 0 Å². The second-order valence-electron chi connectivity index (χ2n) is 13.0. The van der Waals surface area contributed by atoms with Crippen molar-refractivity contribution >= 4 is 0 Å². The van der Waals surface area contributed by atoms with Crippen LogP contribution in [0, 0.1) is 34.5 Å². The molecule has 3 saturated carbocycles. The molecule has 0 bridgehead atoms. The van der Waals surface area contributed by atoms with E-state index in [-0.39, 0.29) is 17.8 Å². The van der Waals surface area contributed by atoms with E-state index in [9.17, 15) is 10.2 Å². The third-order valence-electron chi connectivity index (χ3n) is 10.3. The highest BCUT2D eigenvalue weighted by Crippen LogP contribution is 2.60. The van der Waals surface area contributed by atoms with E-state index in [4.69, 9.17) is 4.74 Å². The van der Waals surface area contributed by atoms with Crippen molar-refractivity contribution in [3.05, 3.63) is 0 Å². The molecule has 0 amide bonds. The van der Waals surface area contributed by atoms with Gasteiger partial charge < -0.3 is 14.9 Å². The first-order valence-electron chi connectivity index (χ1n) is 13.1. The zero-order chi connectivity index (χ0) is 21.7. The van der Waals surface area contributed by atoms with Crippen LogP contribution in [0.4, 0.5) is 0 Å². The molecule has 1 saturated heterocycles. The molecule has 0 aromatic rings. The average molecular weight is 421 g/mol. The lowest BCUT2D eigenvalue weighted by atomic mass is 9.50. The van der Waals surface area contributed by atoms with E-state index in [1.165, 1.54) is 44.9 Å². The normalized spacial score (nSPS) is 47.5. The Morgan fingerprint density at radius 2 is 1.27 bits per heavy atom. The predicted molar refractivity (Wildman–Crippen MR) is 122 cm³/mol. The quantitative estimate of drug-likeness (QED) is 0.579. The lowest BCUT2D eigenvalue weighted by Gasteiger charge is -2.60. The largest absolute Gasteiger partial charge is 0.393 e.